The standard InChI is InChI=1S/C17H20ClN3OS/c1-11(21(2)14-7-8-14)9-19-16(22)15-10-23-17(20-15)12-3-5-13(18)6-4-12/h3-6,10-11,14H,7-9H2,1-2H3,(H,19,22). The third kappa shape index (κ3) is 4.10. The summed E-state index contributed by atoms with van der Waals surface area (Å²) in [4.78, 5) is 19.0. The maximum Gasteiger partial charge on any atom is 0.270 e. The van der Waals surface area contributed by atoms with Crippen molar-refractivity contribution in [3.05, 3.63) is 40.4 Å². The van der Waals surface area contributed by atoms with Crippen LogP contribution in [0.25, 0.3) is 10.6 Å². The van der Waals surface area contributed by atoms with E-state index in [9.17, 15) is 4.79 Å². The molecule has 0 bridgehead atoms. The molecule has 1 fully saturated rings. The number of aromatic nitrogens is 1. The Morgan fingerprint density at radius 2 is 2.13 bits per heavy atom. The Kier molecular flexibility index (Phi) is 4.99. The predicted molar refractivity (Wildman–Crippen MR) is 95.1 cm³/mol. The zero-order valence-electron chi connectivity index (χ0n) is 13.3. The smallest absolute Gasteiger partial charge is 0.270 e. The van der Waals surface area contributed by atoms with Crippen molar-refractivity contribution in [2.24, 2.45) is 0 Å². The van der Waals surface area contributed by atoms with Crippen LogP contribution in [-0.4, -0.2) is 41.5 Å². The second-order valence-corrected chi connectivity index (χ2v) is 7.30. The second kappa shape index (κ2) is 6.99. The zero-order valence-corrected chi connectivity index (χ0v) is 14.8. The average molecular weight is 350 g/mol. The number of rotatable bonds is 6. The highest BCUT2D eigenvalue weighted by atomic mass is 35.5. The van der Waals surface area contributed by atoms with Crippen LogP contribution in [0.15, 0.2) is 29.6 Å². The van der Waals surface area contributed by atoms with Crippen LogP contribution in [0.4, 0.5) is 0 Å². The van der Waals surface area contributed by atoms with Crippen LogP contribution in [0.5, 0.6) is 0 Å². The van der Waals surface area contributed by atoms with Gasteiger partial charge in [0.1, 0.15) is 10.7 Å². The Bertz CT molecular complexity index is 681. The van der Waals surface area contributed by atoms with E-state index in [1.165, 1.54) is 24.2 Å². The molecule has 6 heteroatoms. The van der Waals surface area contributed by atoms with Crippen molar-refractivity contribution < 1.29 is 4.79 Å². The molecule has 0 radical (unpaired) electrons. The molecule has 1 aromatic carbocycles. The van der Waals surface area contributed by atoms with Crippen molar-refractivity contribution in [2.75, 3.05) is 13.6 Å². The molecule has 23 heavy (non-hydrogen) atoms. The number of carbonyl (C=O) groups is 1. The number of thiazole rings is 1. The lowest BCUT2D eigenvalue weighted by Gasteiger charge is -2.24. The van der Waals surface area contributed by atoms with Gasteiger partial charge in [0.15, 0.2) is 0 Å². The van der Waals surface area contributed by atoms with Crippen LogP contribution >= 0.6 is 22.9 Å². The molecule has 122 valence electrons. The minimum atomic E-state index is -0.113. The fourth-order valence-electron chi connectivity index (χ4n) is 2.42. The first-order valence-corrected chi connectivity index (χ1v) is 9.02. The van der Waals surface area contributed by atoms with Gasteiger partial charge in [-0.15, -0.1) is 11.3 Å². The number of halogens is 1. The first-order chi connectivity index (χ1) is 11.0. The third-order valence-electron chi connectivity index (χ3n) is 4.20. The summed E-state index contributed by atoms with van der Waals surface area (Å²) < 4.78 is 0. The van der Waals surface area contributed by atoms with Gasteiger partial charge in [-0.3, -0.25) is 9.69 Å². The summed E-state index contributed by atoms with van der Waals surface area (Å²) >= 11 is 7.36. The molecule has 3 rings (SSSR count). The van der Waals surface area contributed by atoms with Gasteiger partial charge < -0.3 is 5.32 Å². The lowest BCUT2D eigenvalue weighted by molar-refractivity contribution is 0.0935. The number of hydrogen-bond donors (Lipinski definition) is 1. The van der Waals surface area contributed by atoms with Gasteiger partial charge in [-0.25, -0.2) is 4.98 Å². The number of hydrogen-bond acceptors (Lipinski definition) is 4. The number of carbonyl (C=O) groups excluding carboxylic acids is 1. The Labute approximate surface area is 145 Å². The molecule has 1 heterocycles. The Balaban J connectivity index is 1.58. The monoisotopic (exact) mass is 349 g/mol. The highest BCUT2D eigenvalue weighted by Crippen LogP contribution is 2.27. The summed E-state index contributed by atoms with van der Waals surface area (Å²) in [6, 6.07) is 8.50. The van der Waals surface area contributed by atoms with Crippen molar-refractivity contribution >= 4 is 28.8 Å². The molecular weight excluding hydrogens is 330 g/mol. The molecule has 1 saturated carbocycles. The molecule has 4 nitrogen and oxygen atoms in total. The van der Waals surface area contributed by atoms with E-state index in [4.69, 9.17) is 11.6 Å². The highest BCUT2D eigenvalue weighted by Gasteiger charge is 2.29. The van der Waals surface area contributed by atoms with Crippen molar-refractivity contribution in [3.63, 3.8) is 0 Å². The van der Waals surface area contributed by atoms with E-state index in [0.29, 0.717) is 29.3 Å². The predicted octanol–water partition coefficient (Wildman–Crippen LogP) is 3.68. The summed E-state index contributed by atoms with van der Waals surface area (Å²) in [5.41, 5.74) is 1.45. The van der Waals surface area contributed by atoms with Gasteiger partial charge in [0, 0.05) is 34.6 Å². The molecule has 1 N–H and O–H groups in total. The molecule has 1 atom stereocenters. The quantitative estimate of drug-likeness (QED) is 0.865. The molecular formula is C17H20ClN3OS. The summed E-state index contributed by atoms with van der Waals surface area (Å²) in [5.74, 6) is -0.113. The Morgan fingerprint density at radius 3 is 2.78 bits per heavy atom. The summed E-state index contributed by atoms with van der Waals surface area (Å²) in [5, 5.41) is 6.30. The van der Waals surface area contributed by atoms with Gasteiger partial charge in [-0.05, 0) is 38.9 Å². The topological polar surface area (TPSA) is 45.2 Å². The number of likely N-dealkylation sites (N-methyl/N-ethyl adjacent to an activating group) is 1. The summed E-state index contributed by atoms with van der Waals surface area (Å²) in [6.45, 7) is 2.78. The van der Waals surface area contributed by atoms with Crippen molar-refractivity contribution in [3.8, 4) is 10.6 Å². The van der Waals surface area contributed by atoms with Crippen LogP contribution in [0.3, 0.4) is 0 Å². The number of amides is 1. The minimum absolute atomic E-state index is 0.113. The SMILES string of the molecule is CC(CNC(=O)c1csc(-c2ccc(Cl)cc2)n1)N(C)C1CC1. The van der Waals surface area contributed by atoms with E-state index in [1.807, 2.05) is 24.3 Å². The van der Waals surface area contributed by atoms with Crippen molar-refractivity contribution in [1.82, 2.24) is 15.2 Å². The molecule has 1 aliphatic rings. The van der Waals surface area contributed by atoms with E-state index < -0.39 is 0 Å². The first-order valence-electron chi connectivity index (χ1n) is 7.76. The number of benzene rings is 1. The van der Waals surface area contributed by atoms with E-state index in [1.54, 1.807) is 5.38 Å². The molecule has 0 aliphatic heterocycles. The first kappa shape index (κ1) is 16.4. The van der Waals surface area contributed by atoms with Gasteiger partial charge in [0.25, 0.3) is 5.91 Å². The Hall–Kier alpha value is -1.43. The van der Waals surface area contributed by atoms with Crippen molar-refractivity contribution in [2.45, 2.75) is 31.8 Å². The zero-order chi connectivity index (χ0) is 16.4. The van der Waals surface area contributed by atoms with Gasteiger partial charge in [0.2, 0.25) is 0 Å². The van der Waals surface area contributed by atoms with Crippen LogP contribution in [-0.2, 0) is 0 Å². The fourth-order valence-corrected chi connectivity index (χ4v) is 3.35. The van der Waals surface area contributed by atoms with Crippen LogP contribution in [0, 0.1) is 0 Å². The molecule has 0 spiro atoms. The number of nitrogens with one attached hydrogen (secondary N) is 1. The van der Waals surface area contributed by atoms with Crippen LogP contribution in [0.2, 0.25) is 5.02 Å². The van der Waals surface area contributed by atoms with Gasteiger partial charge in [0.05, 0.1) is 0 Å². The molecule has 1 aromatic heterocycles. The fraction of sp³-hybridized carbons (Fsp3) is 0.412. The third-order valence-corrected chi connectivity index (χ3v) is 5.35. The molecule has 1 amide bonds. The lowest BCUT2D eigenvalue weighted by Crippen LogP contribution is -2.41. The average Bonchev–Trinajstić information content (AvgIpc) is 3.29. The minimum Gasteiger partial charge on any atom is -0.349 e. The van der Waals surface area contributed by atoms with Crippen LogP contribution in [0.1, 0.15) is 30.3 Å². The van der Waals surface area contributed by atoms with Gasteiger partial charge in [-0.1, -0.05) is 23.7 Å². The molecule has 2 aromatic rings. The van der Waals surface area contributed by atoms with E-state index in [0.717, 1.165) is 10.6 Å². The molecule has 1 unspecified atom stereocenters. The van der Waals surface area contributed by atoms with E-state index in [-0.39, 0.29) is 5.91 Å². The lowest BCUT2D eigenvalue weighted by atomic mass is 10.2. The molecule has 1 aliphatic carbocycles. The van der Waals surface area contributed by atoms with E-state index >= 15 is 0 Å². The normalized spacial score (nSPS) is 15.7. The second-order valence-electron chi connectivity index (χ2n) is 6.00. The largest absolute Gasteiger partial charge is 0.349 e. The maximum absolute atomic E-state index is 12.2. The Morgan fingerprint density at radius 1 is 1.43 bits per heavy atom. The van der Waals surface area contributed by atoms with Gasteiger partial charge in [-0.2, -0.15) is 0 Å². The maximum atomic E-state index is 12.2. The number of nitrogens with zero attached hydrogens (tertiary/aromatic N) is 2. The molecule has 0 saturated heterocycles. The van der Waals surface area contributed by atoms with Crippen LogP contribution < -0.4 is 5.32 Å². The summed E-state index contributed by atoms with van der Waals surface area (Å²) in [7, 11) is 2.12. The highest BCUT2D eigenvalue weighted by molar-refractivity contribution is 7.13. The summed E-state index contributed by atoms with van der Waals surface area (Å²) in [6.07, 6.45) is 2.54. The van der Waals surface area contributed by atoms with Gasteiger partial charge >= 0.3 is 0 Å². The van der Waals surface area contributed by atoms with Crippen molar-refractivity contribution in [1.29, 1.82) is 0 Å². The van der Waals surface area contributed by atoms with E-state index in [2.05, 4.69) is 29.2 Å².